The summed E-state index contributed by atoms with van der Waals surface area (Å²) in [6.45, 7) is 4.11. The van der Waals surface area contributed by atoms with Gasteiger partial charge in [0.2, 0.25) is 6.79 Å². The molecule has 6 nitrogen and oxygen atoms in total. The molecule has 1 fully saturated rings. The summed E-state index contributed by atoms with van der Waals surface area (Å²) in [6, 6.07) is 12.7. The second-order valence-electron chi connectivity index (χ2n) is 6.50. The highest BCUT2D eigenvalue weighted by Gasteiger charge is 2.49. The number of fused-ring (bicyclic) bond motifs is 1. The van der Waals surface area contributed by atoms with E-state index in [9.17, 15) is 9.59 Å². The van der Waals surface area contributed by atoms with Crippen molar-refractivity contribution < 1.29 is 19.1 Å². The Kier molecular flexibility index (Phi) is 3.42. The van der Waals surface area contributed by atoms with Gasteiger partial charge in [-0.2, -0.15) is 0 Å². The summed E-state index contributed by atoms with van der Waals surface area (Å²) in [6.07, 6.45) is 0. The van der Waals surface area contributed by atoms with Crippen LogP contribution in [0, 0.1) is 6.92 Å². The first-order valence-electron chi connectivity index (χ1n) is 8.07. The van der Waals surface area contributed by atoms with Crippen LogP contribution in [-0.4, -0.2) is 23.6 Å². The van der Waals surface area contributed by atoms with Crippen LogP contribution in [0.3, 0.4) is 0 Å². The van der Waals surface area contributed by atoms with Gasteiger partial charge >= 0.3 is 6.03 Å². The number of amides is 3. The highest BCUT2D eigenvalue weighted by Crippen LogP contribution is 2.38. The fourth-order valence-corrected chi connectivity index (χ4v) is 3.12. The normalized spacial score (nSPS) is 21.6. The number of benzene rings is 2. The van der Waals surface area contributed by atoms with Crippen LogP contribution in [0.1, 0.15) is 23.6 Å². The van der Waals surface area contributed by atoms with Crippen molar-refractivity contribution in [3.05, 3.63) is 59.2 Å². The predicted octanol–water partition coefficient (Wildman–Crippen LogP) is 2.69. The third-order valence-corrected chi connectivity index (χ3v) is 4.69. The van der Waals surface area contributed by atoms with Crippen molar-refractivity contribution in [2.45, 2.75) is 25.9 Å². The molecule has 1 unspecified atom stereocenters. The number of urea groups is 1. The Morgan fingerprint density at radius 1 is 1.08 bits per heavy atom. The number of ether oxygens (including phenoxy) is 2. The van der Waals surface area contributed by atoms with Crippen LogP contribution in [0.25, 0.3) is 0 Å². The molecule has 0 saturated carbocycles. The quantitative estimate of drug-likeness (QED) is 0.874. The fraction of sp³-hybridized carbons (Fsp3) is 0.263. The molecule has 1 saturated heterocycles. The van der Waals surface area contributed by atoms with Crippen molar-refractivity contribution in [2.75, 3.05) is 6.79 Å². The molecular formula is C19H18N2O4. The van der Waals surface area contributed by atoms with Gasteiger partial charge < -0.3 is 14.8 Å². The molecule has 2 aliphatic rings. The molecule has 1 atom stereocenters. The van der Waals surface area contributed by atoms with Crippen molar-refractivity contribution in [2.24, 2.45) is 0 Å². The van der Waals surface area contributed by atoms with Crippen LogP contribution in [0.5, 0.6) is 11.5 Å². The van der Waals surface area contributed by atoms with Crippen LogP contribution in [0.2, 0.25) is 0 Å². The summed E-state index contributed by atoms with van der Waals surface area (Å²) < 4.78 is 10.7. The number of nitrogens with zero attached hydrogens (tertiary/aromatic N) is 1. The topological polar surface area (TPSA) is 67.9 Å². The van der Waals surface area contributed by atoms with Crippen LogP contribution >= 0.6 is 0 Å². The van der Waals surface area contributed by atoms with Crippen molar-refractivity contribution in [3.63, 3.8) is 0 Å². The number of aryl methyl sites for hydroxylation is 1. The molecule has 2 aromatic rings. The lowest BCUT2D eigenvalue weighted by Crippen LogP contribution is -2.40. The van der Waals surface area contributed by atoms with E-state index in [0.29, 0.717) is 17.1 Å². The van der Waals surface area contributed by atoms with E-state index in [4.69, 9.17) is 9.47 Å². The smallest absolute Gasteiger partial charge is 0.325 e. The highest BCUT2D eigenvalue weighted by molar-refractivity contribution is 6.07. The molecule has 0 bridgehead atoms. The van der Waals surface area contributed by atoms with Gasteiger partial charge in [0.1, 0.15) is 5.54 Å². The van der Waals surface area contributed by atoms with Crippen LogP contribution in [0.15, 0.2) is 42.5 Å². The molecule has 4 rings (SSSR count). The second-order valence-corrected chi connectivity index (χ2v) is 6.50. The minimum absolute atomic E-state index is 0.162. The first-order chi connectivity index (χ1) is 12.0. The maximum absolute atomic E-state index is 13.0. The van der Waals surface area contributed by atoms with E-state index in [-0.39, 0.29) is 19.2 Å². The van der Waals surface area contributed by atoms with Gasteiger partial charge in [0.25, 0.3) is 5.91 Å². The highest BCUT2D eigenvalue weighted by atomic mass is 16.7. The monoisotopic (exact) mass is 338 g/mol. The maximum Gasteiger partial charge on any atom is 0.325 e. The van der Waals surface area contributed by atoms with E-state index in [1.54, 1.807) is 25.1 Å². The van der Waals surface area contributed by atoms with Gasteiger partial charge in [-0.3, -0.25) is 9.69 Å². The zero-order valence-electron chi connectivity index (χ0n) is 14.0. The lowest BCUT2D eigenvalue weighted by atomic mass is 9.91. The summed E-state index contributed by atoms with van der Waals surface area (Å²) in [4.78, 5) is 26.6. The number of hydrogen-bond donors (Lipinski definition) is 1. The van der Waals surface area contributed by atoms with Crippen molar-refractivity contribution in [1.82, 2.24) is 10.2 Å². The van der Waals surface area contributed by atoms with Crippen molar-refractivity contribution >= 4 is 11.9 Å². The molecule has 0 spiro atoms. The standard InChI is InChI=1S/C19H18N2O4/c1-12-3-5-13(6-4-12)10-21-17(22)19(2,20-18(21)23)14-7-8-15-16(9-14)25-11-24-15/h3-9H,10-11H2,1-2H3,(H,20,23). The van der Waals surface area contributed by atoms with E-state index in [2.05, 4.69) is 5.32 Å². The largest absolute Gasteiger partial charge is 0.454 e. The molecule has 3 amide bonds. The molecular weight excluding hydrogens is 320 g/mol. The minimum atomic E-state index is -1.12. The van der Waals surface area contributed by atoms with Gasteiger partial charge in [-0.1, -0.05) is 35.9 Å². The van der Waals surface area contributed by atoms with Crippen molar-refractivity contribution in [1.29, 1.82) is 0 Å². The van der Waals surface area contributed by atoms with E-state index in [1.807, 2.05) is 31.2 Å². The van der Waals surface area contributed by atoms with Crippen molar-refractivity contribution in [3.8, 4) is 11.5 Å². The summed E-state index contributed by atoms with van der Waals surface area (Å²) in [5, 5.41) is 2.81. The van der Waals surface area contributed by atoms with Gasteiger partial charge in [-0.05, 0) is 37.1 Å². The lowest BCUT2D eigenvalue weighted by molar-refractivity contribution is -0.131. The third kappa shape index (κ3) is 2.50. The average molecular weight is 338 g/mol. The molecule has 2 aromatic carbocycles. The number of imide groups is 1. The molecule has 1 N–H and O–H groups in total. The number of rotatable bonds is 3. The molecule has 0 radical (unpaired) electrons. The van der Waals surface area contributed by atoms with Gasteiger partial charge in [0.05, 0.1) is 6.54 Å². The lowest BCUT2D eigenvalue weighted by Gasteiger charge is -2.22. The van der Waals surface area contributed by atoms with Crippen LogP contribution < -0.4 is 14.8 Å². The first kappa shape index (κ1) is 15.5. The second kappa shape index (κ2) is 5.51. The Bertz CT molecular complexity index is 862. The molecule has 0 aromatic heterocycles. The molecule has 128 valence electrons. The number of nitrogens with one attached hydrogen (secondary N) is 1. The predicted molar refractivity (Wildman–Crippen MR) is 90.2 cm³/mol. The van der Waals surface area contributed by atoms with E-state index in [1.165, 1.54) is 4.90 Å². The van der Waals surface area contributed by atoms with Gasteiger partial charge in [0.15, 0.2) is 11.5 Å². The Morgan fingerprint density at radius 3 is 2.56 bits per heavy atom. The molecule has 25 heavy (non-hydrogen) atoms. The molecule has 0 aliphatic carbocycles. The summed E-state index contributed by atoms with van der Waals surface area (Å²) in [5.41, 5.74) is 1.58. The van der Waals surface area contributed by atoms with Crippen LogP contribution in [0.4, 0.5) is 4.79 Å². The van der Waals surface area contributed by atoms with Gasteiger partial charge in [-0.15, -0.1) is 0 Å². The Hall–Kier alpha value is -3.02. The Morgan fingerprint density at radius 2 is 1.80 bits per heavy atom. The summed E-state index contributed by atoms with van der Waals surface area (Å²) >= 11 is 0. The first-order valence-corrected chi connectivity index (χ1v) is 8.07. The molecule has 2 aliphatic heterocycles. The third-order valence-electron chi connectivity index (χ3n) is 4.69. The maximum atomic E-state index is 13.0. The number of hydrogen-bond acceptors (Lipinski definition) is 4. The minimum Gasteiger partial charge on any atom is -0.454 e. The summed E-state index contributed by atoms with van der Waals surface area (Å²) in [7, 11) is 0. The fourth-order valence-electron chi connectivity index (χ4n) is 3.12. The van der Waals surface area contributed by atoms with E-state index < -0.39 is 11.6 Å². The zero-order chi connectivity index (χ0) is 17.6. The Balaban J connectivity index is 1.62. The average Bonchev–Trinajstić information content (AvgIpc) is 3.15. The Labute approximate surface area is 145 Å². The van der Waals surface area contributed by atoms with E-state index in [0.717, 1.165) is 11.1 Å². The van der Waals surface area contributed by atoms with Crippen LogP contribution in [-0.2, 0) is 16.9 Å². The van der Waals surface area contributed by atoms with Gasteiger partial charge in [0, 0.05) is 0 Å². The molecule has 6 heteroatoms. The zero-order valence-corrected chi connectivity index (χ0v) is 14.0. The van der Waals surface area contributed by atoms with Gasteiger partial charge in [-0.25, -0.2) is 4.79 Å². The number of carbonyl (C=O) groups is 2. The SMILES string of the molecule is Cc1ccc(CN2C(=O)NC(C)(c3ccc4c(c3)OCO4)C2=O)cc1. The molecule has 2 heterocycles. The van der Waals surface area contributed by atoms with E-state index >= 15 is 0 Å². The summed E-state index contributed by atoms with van der Waals surface area (Å²) in [5.74, 6) is 0.940. The number of carbonyl (C=O) groups excluding carboxylic acids is 2.